The van der Waals surface area contributed by atoms with E-state index in [2.05, 4.69) is 43.2 Å². The molecular weight excluding hydrogens is 342 g/mol. The average molecular weight is 392 g/mol. The van der Waals surface area contributed by atoms with Crippen molar-refractivity contribution in [2.24, 2.45) is 5.92 Å². The fourth-order valence-corrected chi connectivity index (χ4v) is 3.17. The van der Waals surface area contributed by atoms with Crippen LogP contribution in [0, 0.1) is 5.92 Å². The first kappa shape index (κ1) is 24.8. The highest BCUT2D eigenvalue weighted by Gasteiger charge is 2.18. The Hall–Kier alpha value is -0.240. The molecule has 27 heavy (non-hydrogen) atoms. The molecule has 166 valence electrons. The van der Waals surface area contributed by atoms with Gasteiger partial charge >= 0.3 is 0 Å². The molecule has 0 amide bonds. The van der Waals surface area contributed by atoms with E-state index in [-0.39, 0.29) is 2.85 Å². The Balaban J connectivity index is 0. The van der Waals surface area contributed by atoms with Crippen LogP contribution < -0.4 is 10.6 Å². The van der Waals surface area contributed by atoms with E-state index in [0.29, 0.717) is 38.5 Å². The Morgan fingerprint density at radius 3 is 2.11 bits per heavy atom. The number of hydrogen-bond acceptors (Lipinski definition) is 6. The molecule has 1 rings (SSSR count). The first-order chi connectivity index (χ1) is 13.1. The summed E-state index contributed by atoms with van der Waals surface area (Å²) >= 11 is 0. The van der Waals surface area contributed by atoms with Gasteiger partial charge in [0.15, 0.2) is 0 Å². The summed E-state index contributed by atoms with van der Waals surface area (Å²) in [5, 5.41) is 7.04. The van der Waals surface area contributed by atoms with Crippen LogP contribution >= 0.6 is 0 Å². The Morgan fingerprint density at radius 1 is 0.926 bits per heavy atom. The second-order valence-electron chi connectivity index (χ2n) is 7.99. The van der Waals surface area contributed by atoms with E-state index in [1.807, 2.05) is 0 Å². The maximum absolute atomic E-state index is 5.69. The molecule has 0 bridgehead atoms. The number of rotatable bonds is 17. The molecule has 1 heterocycles. The van der Waals surface area contributed by atoms with Crippen molar-refractivity contribution in [3.63, 3.8) is 0 Å². The SMILES string of the molecule is CCC(C)CNCCOCCOCCOCCN1CCC(NC(C)C)CC1.[HH].[HH]. The van der Waals surface area contributed by atoms with Crippen LogP contribution in [-0.2, 0) is 14.2 Å². The molecule has 2 N–H and O–H groups in total. The van der Waals surface area contributed by atoms with Gasteiger partial charge in [0, 0.05) is 28.0 Å². The zero-order valence-electron chi connectivity index (χ0n) is 18.3. The monoisotopic (exact) mass is 391 g/mol. The largest absolute Gasteiger partial charge is 0.378 e. The van der Waals surface area contributed by atoms with Crippen molar-refractivity contribution in [1.29, 1.82) is 0 Å². The summed E-state index contributed by atoms with van der Waals surface area (Å²) in [6, 6.07) is 1.27. The van der Waals surface area contributed by atoms with Gasteiger partial charge in [-0.2, -0.15) is 0 Å². The van der Waals surface area contributed by atoms with Crippen molar-refractivity contribution < 1.29 is 17.1 Å². The van der Waals surface area contributed by atoms with Gasteiger partial charge in [-0.1, -0.05) is 34.1 Å². The van der Waals surface area contributed by atoms with Gasteiger partial charge in [0.1, 0.15) is 0 Å². The van der Waals surface area contributed by atoms with Gasteiger partial charge in [0.05, 0.1) is 39.6 Å². The molecular formula is C21H49N3O3. The molecule has 0 spiro atoms. The molecule has 0 aromatic rings. The van der Waals surface area contributed by atoms with Crippen molar-refractivity contribution in [3.8, 4) is 0 Å². The van der Waals surface area contributed by atoms with E-state index in [1.54, 1.807) is 0 Å². The molecule has 0 radical (unpaired) electrons. The van der Waals surface area contributed by atoms with Crippen LogP contribution in [0.5, 0.6) is 0 Å². The van der Waals surface area contributed by atoms with E-state index >= 15 is 0 Å². The highest BCUT2D eigenvalue weighted by Crippen LogP contribution is 2.10. The van der Waals surface area contributed by atoms with Crippen LogP contribution in [0.1, 0.15) is 49.8 Å². The molecule has 1 saturated heterocycles. The zero-order valence-corrected chi connectivity index (χ0v) is 18.3. The first-order valence-corrected chi connectivity index (χ1v) is 11.0. The maximum Gasteiger partial charge on any atom is 0.0701 e. The lowest BCUT2D eigenvalue weighted by Gasteiger charge is -2.33. The lowest BCUT2D eigenvalue weighted by molar-refractivity contribution is 0.00975. The van der Waals surface area contributed by atoms with Crippen LogP contribution in [0.15, 0.2) is 0 Å². The summed E-state index contributed by atoms with van der Waals surface area (Å²) in [4.78, 5) is 2.50. The number of piperidine rings is 1. The van der Waals surface area contributed by atoms with Crippen molar-refractivity contribution in [1.82, 2.24) is 15.5 Å². The standard InChI is InChI=1S/C21H45N3O3.2H2/c1-5-20(4)18-22-8-12-25-14-16-27-17-15-26-13-11-24-9-6-21(7-10-24)23-19(2)3;;/h19-23H,5-18H2,1-4H3;2*1H. The molecule has 0 aromatic carbocycles. The predicted octanol–water partition coefficient (Wildman–Crippen LogP) is 2.63. The molecule has 0 aromatic heterocycles. The predicted molar refractivity (Wildman–Crippen MR) is 117 cm³/mol. The smallest absolute Gasteiger partial charge is 0.0701 e. The number of nitrogens with one attached hydrogen (secondary N) is 2. The van der Waals surface area contributed by atoms with Crippen molar-refractivity contribution in [2.45, 2.75) is 59.0 Å². The summed E-state index contributed by atoms with van der Waals surface area (Å²) in [6.07, 6.45) is 3.71. The summed E-state index contributed by atoms with van der Waals surface area (Å²) in [7, 11) is 0. The fourth-order valence-electron chi connectivity index (χ4n) is 3.17. The minimum absolute atomic E-state index is 0. The molecule has 1 fully saturated rings. The second-order valence-corrected chi connectivity index (χ2v) is 7.99. The van der Waals surface area contributed by atoms with Crippen molar-refractivity contribution in [2.75, 3.05) is 72.4 Å². The van der Waals surface area contributed by atoms with E-state index in [0.717, 1.165) is 38.8 Å². The van der Waals surface area contributed by atoms with E-state index in [4.69, 9.17) is 14.2 Å². The number of likely N-dealkylation sites (tertiary alicyclic amines) is 1. The highest BCUT2D eigenvalue weighted by atomic mass is 16.5. The minimum atomic E-state index is 0. The molecule has 6 heteroatoms. The van der Waals surface area contributed by atoms with Gasteiger partial charge < -0.3 is 29.7 Å². The fraction of sp³-hybridized carbons (Fsp3) is 1.00. The lowest BCUT2D eigenvalue weighted by atomic mass is 10.0. The third-order valence-electron chi connectivity index (χ3n) is 5.07. The Kier molecular flexibility index (Phi) is 15.3. The van der Waals surface area contributed by atoms with Crippen LogP contribution in [0.3, 0.4) is 0 Å². The van der Waals surface area contributed by atoms with Crippen LogP contribution in [0.25, 0.3) is 0 Å². The molecule has 0 aliphatic carbocycles. The quantitative estimate of drug-likeness (QED) is 0.372. The Morgan fingerprint density at radius 2 is 1.52 bits per heavy atom. The summed E-state index contributed by atoms with van der Waals surface area (Å²) in [6.45, 7) is 18.5. The summed E-state index contributed by atoms with van der Waals surface area (Å²) < 4.78 is 16.8. The minimum Gasteiger partial charge on any atom is -0.378 e. The molecule has 1 aliphatic heterocycles. The van der Waals surface area contributed by atoms with Crippen LogP contribution in [0.2, 0.25) is 0 Å². The van der Waals surface area contributed by atoms with Crippen LogP contribution in [-0.4, -0.2) is 89.3 Å². The first-order valence-electron chi connectivity index (χ1n) is 11.0. The van der Waals surface area contributed by atoms with Gasteiger partial charge in [0.25, 0.3) is 0 Å². The normalized spacial score (nSPS) is 17.7. The summed E-state index contributed by atoms with van der Waals surface area (Å²) in [5.41, 5.74) is 0. The van der Waals surface area contributed by atoms with E-state index < -0.39 is 0 Å². The van der Waals surface area contributed by atoms with Gasteiger partial charge in [-0.15, -0.1) is 0 Å². The maximum atomic E-state index is 5.69. The Bertz CT molecular complexity index is 334. The third kappa shape index (κ3) is 14.4. The van der Waals surface area contributed by atoms with Gasteiger partial charge in [-0.25, -0.2) is 0 Å². The van der Waals surface area contributed by atoms with E-state index in [1.165, 1.54) is 32.4 Å². The molecule has 6 nitrogen and oxygen atoms in total. The van der Waals surface area contributed by atoms with Gasteiger partial charge in [-0.3, -0.25) is 0 Å². The third-order valence-corrected chi connectivity index (χ3v) is 5.07. The van der Waals surface area contributed by atoms with Gasteiger partial charge in [-0.05, 0) is 38.4 Å². The molecule has 1 unspecified atom stereocenters. The van der Waals surface area contributed by atoms with Crippen LogP contribution in [0.4, 0.5) is 0 Å². The highest BCUT2D eigenvalue weighted by molar-refractivity contribution is 4.78. The Labute approximate surface area is 170 Å². The van der Waals surface area contributed by atoms with Gasteiger partial charge in [0.2, 0.25) is 0 Å². The topological polar surface area (TPSA) is 55.0 Å². The zero-order chi connectivity index (χ0) is 19.7. The van der Waals surface area contributed by atoms with Crippen molar-refractivity contribution in [3.05, 3.63) is 0 Å². The summed E-state index contributed by atoms with van der Waals surface area (Å²) in [5.74, 6) is 0.738. The number of nitrogens with zero attached hydrogens (tertiary/aromatic N) is 1. The lowest BCUT2D eigenvalue weighted by Crippen LogP contribution is -2.45. The molecule has 0 saturated carbocycles. The number of hydrogen-bond donors (Lipinski definition) is 2. The number of ether oxygens (including phenoxy) is 3. The average Bonchev–Trinajstić information content (AvgIpc) is 2.66. The molecule has 1 aliphatic rings. The van der Waals surface area contributed by atoms with Crippen molar-refractivity contribution >= 4 is 0 Å². The van der Waals surface area contributed by atoms with E-state index in [9.17, 15) is 0 Å². The second kappa shape index (κ2) is 16.7. The molecule has 1 atom stereocenters.